The van der Waals surface area contributed by atoms with E-state index in [4.69, 9.17) is 27.9 Å². The summed E-state index contributed by atoms with van der Waals surface area (Å²) >= 11 is 12.2. The molecular formula is C21H20Cl2N2O4. The summed E-state index contributed by atoms with van der Waals surface area (Å²) in [5.41, 5.74) is 3.11. The fraction of sp³-hybridized carbons (Fsp3) is 0.286. The Morgan fingerprint density at radius 3 is 2.69 bits per heavy atom. The highest BCUT2D eigenvalue weighted by Gasteiger charge is 2.37. The molecular weight excluding hydrogens is 415 g/mol. The molecule has 2 aromatic rings. The molecule has 8 heteroatoms. The third kappa shape index (κ3) is 4.89. The largest absolute Gasteiger partial charge is 0.455 e. The van der Waals surface area contributed by atoms with Crippen LogP contribution in [0.5, 0.6) is 0 Å². The van der Waals surface area contributed by atoms with Gasteiger partial charge in [-0.25, -0.2) is 0 Å². The van der Waals surface area contributed by atoms with E-state index in [1.807, 2.05) is 26.0 Å². The van der Waals surface area contributed by atoms with Gasteiger partial charge in [-0.15, -0.1) is 0 Å². The third-order valence-electron chi connectivity index (χ3n) is 4.68. The van der Waals surface area contributed by atoms with Crippen LogP contribution in [-0.2, 0) is 19.1 Å². The molecule has 2 aromatic carbocycles. The van der Waals surface area contributed by atoms with Gasteiger partial charge >= 0.3 is 5.97 Å². The summed E-state index contributed by atoms with van der Waals surface area (Å²) in [4.78, 5) is 38.2. The SMILES string of the molecule is Cc1ccc(NC(=O)COC(=O)[C@H]2CC(=O)N(c3cccc(Cl)c3Cl)C2)c(C)c1. The van der Waals surface area contributed by atoms with Gasteiger partial charge in [0.2, 0.25) is 5.91 Å². The number of halogens is 2. The normalized spacial score (nSPS) is 16.1. The van der Waals surface area contributed by atoms with Gasteiger partial charge in [0.25, 0.3) is 5.91 Å². The molecule has 1 aliphatic rings. The van der Waals surface area contributed by atoms with Crippen LogP contribution in [-0.4, -0.2) is 30.9 Å². The number of aryl methyl sites for hydroxylation is 2. The van der Waals surface area contributed by atoms with E-state index in [2.05, 4.69) is 5.32 Å². The molecule has 0 bridgehead atoms. The number of anilines is 2. The number of nitrogens with one attached hydrogen (secondary N) is 1. The van der Waals surface area contributed by atoms with Gasteiger partial charge in [-0.1, -0.05) is 47.0 Å². The van der Waals surface area contributed by atoms with Crippen LogP contribution in [0, 0.1) is 19.8 Å². The summed E-state index contributed by atoms with van der Waals surface area (Å²) in [7, 11) is 0. The molecule has 1 N–H and O–H groups in total. The van der Waals surface area contributed by atoms with E-state index in [-0.39, 0.29) is 23.9 Å². The molecule has 152 valence electrons. The highest BCUT2D eigenvalue weighted by molar-refractivity contribution is 6.44. The monoisotopic (exact) mass is 434 g/mol. The second kappa shape index (κ2) is 8.84. The summed E-state index contributed by atoms with van der Waals surface area (Å²) in [6.07, 6.45) is -0.0135. The van der Waals surface area contributed by atoms with Gasteiger partial charge in [-0.05, 0) is 37.6 Å². The quantitative estimate of drug-likeness (QED) is 0.717. The van der Waals surface area contributed by atoms with Gasteiger partial charge in [0, 0.05) is 18.7 Å². The maximum Gasteiger partial charge on any atom is 0.311 e. The van der Waals surface area contributed by atoms with E-state index >= 15 is 0 Å². The van der Waals surface area contributed by atoms with Crippen molar-refractivity contribution in [2.75, 3.05) is 23.4 Å². The Kier molecular flexibility index (Phi) is 6.45. The van der Waals surface area contributed by atoms with Gasteiger partial charge < -0.3 is 15.0 Å². The van der Waals surface area contributed by atoms with E-state index in [1.54, 1.807) is 24.3 Å². The smallest absolute Gasteiger partial charge is 0.311 e. The zero-order valence-corrected chi connectivity index (χ0v) is 17.5. The molecule has 1 saturated heterocycles. The van der Waals surface area contributed by atoms with Gasteiger partial charge in [-0.3, -0.25) is 14.4 Å². The van der Waals surface area contributed by atoms with E-state index < -0.39 is 24.4 Å². The van der Waals surface area contributed by atoms with Crippen molar-refractivity contribution in [2.45, 2.75) is 20.3 Å². The molecule has 1 atom stereocenters. The van der Waals surface area contributed by atoms with Crippen LogP contribution in [0.2, 0.25) is 10.0 Å². The molecule has 0 aliphatic carbocycles. The molecule has 0 unspecified atom stereocenters. The molecule has 2 amide bonds. The molecule has 6 nitrogen and oxygen atoms in total. The Morgan fingerprint density at radius 2 is 1.97 bits per heavy atom. The molecule has 0 spiro atoms. The van der Waals surface area contributed by atoms with Crippen molar-refractivity contribution < 1.29 is 19.1 Å². The van der Waals surface area contributed by atoms with Crippen molar-refractivity contribution in [3.63, 3.8) is 0 Å². The lowest BCUT2D eigenvalue weighted by molar-refractivity contribution is -0.151. The number of amides is 2. The van der Waals surface area contributed by atoms with Crippen molar-refractivity contribution in [3.05, 3.63) is 57.6 Å². The van der Waals surface area contributed by atoms with Crippen molar-refractivity contribution in [1.29, 1.82) is 0 Å². The summed E-state index contributed by atoms with van der Waals surface area (Å²) in [5.74, 6) is -1.97. The first-order valence-corrected chi connectivity index (χ1v) is 9.80. The second-order valence-electron chi connectivity index (χ2n) is 6.95. The summed E-state index contributed by atoms with van der Waals surface area (Å²) in [6.45, 7) is 3.54. The van der Waals surface area contributed by atoms with Crippen LogP contribution in [0.3, 0.4) is 0 Å². The van der Waals surface area contributed by atoms with Crippen LogP contribution in [0.15, 0.2) is 36.4 Å². The van der Waals surface area contributed by atoms with Crippen molar-refractivity contribution in [1.82, 2.24) is 0 Å². The lowest BCUT2D eigenvalue weighted by Gasteiger charge is -2.18. The van der Waals surface area contributed by atoms with Gasteiger partial charge in [0.05, 0.1) is 21.7 Å². The van der Waals surface area contributed by atoms with Gasteiger partial charge in [0.1, 0.15) is 0 Å². The highest BCUT2D eigenvalue weighted by atomic mass is 35.5. The number of hydrogen-bond donors (Lipinski definition) is 1. The fourth-order valence-corrected chi connectivity index (χ4v) is 3.59. The Bertz CT molecular complexity index is 977. The van der Waals surface area contributed by atoms with Crippen LogP contribution in [0.4, 0.5) is 11.4 Å². The predicted molar refractivity (Wildman–Crippen MR) is 112 cm³/mol. The molecule has 0 saturated carbocycles. The molecule has 3 rings (SSSR count). The average molecular weight is 435 g/mol. The van der Waals surface area contributed by atoms with E-state index in [0.717, 1.165) is 11.1 Å². The van der Waals surface area contributed by atoms with E-state index in [0.29, 0.717) is 16.4 Å². The fourth-order valence-electron chi connectivity index (χ4n) is 3.19. The maximum absolute atomic E-state index is 12.3. The van der Waals surface area contributed by atoms with Crippen LogP contribution < -0.4 is 10.2 Å². The Balaban J connectivity index is 1.56. The molecule has 29 heavy (non-hydrogen) atoms. The summed E-state index contributed by atoms with van der Waals surface area (Å²) < 4.78 is 5.12. The predicted octanol–water partition coefficient (Wildman–Crippen LogP) is 4.15. The zero-order valence-electron chi connectivity index (χ0n) is 16.0. The van der Waals surface area contributed by atoms with Crippen LogP contribution in [0.25, 0.3) is 0 Å². The Labute approximate surface area is 178 Å². The summed E-state index contributed by atoms with van der Waals surface area (Å²) in [6, 6.07) is 10.6. The van der Waals surface area contributed by atoms with Crippen LogP contribution >= 0.6 is 23.2 Å². The molecule has 0 aromatic heterocycles. The number of carbonyl (C=O) groups is 3. The van der Waals surface area contributed by atoms with Gasteiger partial charge in [-0.2, -0.15) is 0 Å². The molecule has 1 fully saturated rings. The number of ether oxygens (including phenoxy) is 1. The number of hydrogen-bond acceptors (Lipinski definition) is 4. The average Bonchev–Trinajstić information content (AvgIpc) is 3.06. The van der Waals surface area contributed by atoms with Gasteiger partial charge in [0.15, 0.2) is 6.61 Å². The topological polar surface area (TPSA) is 75.7 Å². The van der Waals surface area contributed by atoms with E-state index in [9.17, 15) is 14.4 Å². The number of carbonyl (C=O) groups excluding carboxylic acids is 3. The summed E-state index contributed by atoms with van der Waals surface area (Å²) in [5, 5.41) is 3.29. The number of rotatable bonds is 5. The van der Waals surface area contributed by atoms with Crippen LogP contribution in [0.1, 0.15) is 17.5 Å². The first kappa shape index (κ1) is 21.1. The number of nitrogens with zero attached hydrogens (tertiary/aromatic N) is 1. The lowest BCUT2D eigenvalue weighted by Crippen LogP contribution is -2.28. The Hall–Kier alpha value is -2.57. The number of benzene rings is 2. The second-order valence-corrected chi connectivity index (χ2v) is 7.74. The molecule has 1 heterocycles. The van der Waals surface area contributed by atoms with Crippen molar-refractivity contribution in [2.24, 2.45) is 5.92 Å². The number of esters is 1. The standard InChI is InChI=1S/C21H20Cl2N2O4/c1-12-6-7-16(13(2)8-12)24-18(26)11-29-21(28)14-9-19(27)25(10-14)17-5-3-4-15(22)20(17)23/h3-8,14H,9-11H2,1-2H3,(H,24,26)/t14-/m0/s1. The van der Waals surface area contributed by atoms with Crippen molar-refractivity contribution >= 4 is 52.4 Å². The minimum absolute atomic E-state index is 0.0135. The van der Waals surface area contributed by atoms with Crippen molar-refractivity contribution in [3.8, 4) is 0 Å². The highest BCUT2D eigenvalue weighted by Crippen LogP contribution is 2.35. The first-order chi connectivity index (χ1) is 13.8. The minimum atomic E-state index is -0.675. The first-order valence-electron chi connectivity index (χ1n) is 9.04. The molecule has 1 aliphatic heterocycles. The lowest BCUT2D eigenvalue weighted by atomic mass is 10.1. The minimum Gasteiger partial charge on any atom is -0.455 e. The molecule has 0 radical (unpaired) electrons. The third-order valence-corrected chi connectivity index (χ3v) is 5.49. The zero-order chi connectivity index (χ0) is 21.1. The Morgan fingerprint density at radius 1 is 1.21 bits per heavy atom. The van der Waals surface area contributed by atoms with E-state index in [1.165, 1.54) is 4.90 Å². The maximum atomic E-state index is 12.3.